The Balaban J connectivity index is 2.24. The van der Waals surface area contributed by atoms with E-state index in [1.807, 2.05) is 13.8 Å². The number of methoxy groups -OCH3 is 1. The molecule has 20 heavy (non-hydrogen) atoms. The molecule has 6 heteroatoms. The van der Waals surface area contributed by atoms with Crippen molar-refractivity contribution in [1.82, 2.24) is 15.1 Å². The number of hydrogen-bond donors (Lipinski definition) is 2. The lowest BCUT2D eigenvalue weighted by atomic mass is 10.2. The van der Waals surface area contributed by atoms with E-state index in [0.717, 1.165) is 32.6 Å². The molecule has 1 aliphatic rings. The summed E-state index contributed by atoms with van der Waals surface area (Å²) in [6.45, 7) is 9.38. The van der Waals surface area contributed by atoms with Crippen molar-refractivity contribution in [2.24, 2.45) is 0 Å². The van der Waals surface area contributed by atoms with E-state index in [2.05, 4.69) is 15.1 Å². The number of piperazine rings is 1. The molecule has 1 saturated heterocycles. The quantitative estimate of drug-likeness (QED) is 0.591. The van der Waals surface area contributed by atoms with Crippen LogP contribution in [-0.2, 0) is 9.53 Å². The minimum atomic E-state index is -0.289. The molecule has 0 saturated carbocycles. The number of nitrogens with one attached hydrogen (secondary N) is 1. The first kappa shape index (κ1) is 17.4. The highest BCUT2D eigenvalue weighted by Gasteiger charge is 2.25. The summed E-state index contributed by atoms with van der Waals surface area (Å²) in [5.74, 6) is 0.0880. The Morgan fingerprint density at radius 1 is 1.30 bits per heavy atom. The molecule has 0 aromatic rings. The Morgan fingerprint density at radius 2 is 1.95 bits per heavy atom. The minimum Gasteiger partial charge on any atom is -0.392 e. The number of rotatable bonds is 8. The summed E-state index contributed by atoms with van der Waals surface area (Å²) in [7, 11) is 1.66. The van der Waals surface area contributed by atoms with Crippen LogP contribution in [0.15, 0.2) is 0 Å². The molecule has 0 radical (unpaired) electrons. The van der Waals surface area contributed by atoms with Gasteiger partial charge < -0.3 is 15.2 Å². The van der Waals surface area contributed by atoms with Crippen molar-refractivity contribution in [3.05, 3.63) is 0 Å². The molecule has 0 unspecified atom stereocenters. The van der Waals surface area contributed by atoms with Crippen molar-refractivity contribution in [3.63, 3.8) is 0 Å². The van der Waals surface area contributed by atoms with Gasteiger partial charge in [0, 0.05) is 53.0 Å². The van der Waals surface area contributed by atoms with Crippen LogP contribution in [0.5, 0.6) is 0 Å². The number of ether oxygens (including phenoxy) is 1. The average Bonchev–Trinajstić information content (AvgIpc) is 2.43. The van der Waals surface area contributed by atoms with Crippen LogP contribution in [0.1, 0.15) is 20.3 Å². The number of carbonyl (C=O) groups excluding carboxylic acids is 1. The molecule has 0 aromatic carbocycles. The van der Waals surface area contributed by atoms with Gasteiger partial charge in [-0.05, 0) is 20.3 Å². The number of nitrogens with zero attached hydrogens (tertiary/aromatic N) is 2. The van der Waals surface area contributed by atoms with Gasteiger partial charge in [0.1, 0.15) is 0 Å². The fraction of sp³-hybridized carbons (Fsp3) is 0.929. The Hall–Kier alpha value is -0.690. The predicted molar refractivity (Wildman–Crippen MR) is 78.7 cm³/mol. The molecule has 2 N–H and O–H groups in total. The number of aliphatic hydroxyl groups excluding tert-OH is 1. The number of amides is 1. The molecule has 118 valence electrons. The molecule has 6 nitrogen and oxygen atoms in total. The van der Waals surface area contributed by atoms with E-state index in [4.69, 9.17) is 4.74 Å². The Kier molecular flexibility index (Phi) is 8.06. The van der Waals surface area contributed by atoms with E-state index >= 15 is 0 Å². The number of aliphatic hydroxyl groups is 1. The average molecular weight is 287 g/mol. The third-order valence-corrected chi connectivity index (χ3v) is 3.68. The maximum absolute atomic E-state index is 12.0. The van der Waals surface area contributed by atoms with E-state index < -0.39 is 0 Å². The minimum absolute atomic E-state index is 0.0880. The Labute approximate surface area is 122 Å². The van der Waals surface area contributed by atoms with Gasteiger partial charge in [0.05, 0.1) is 12.1 Å². The fourth-order valence-corrected chi connectivity index (χ4v) is 2.45. The van der Waals surface area contributed by atoms with Gasteiger partial charge in [-0.25, -0.2) is 0 Å². The van der Waals surface area contributed by atoms with Crippen LogP contribution >= 0.6 is 0 Å². The zero-order valence-corrected chi connectivity index (χ0v) is 13.0. The van der Waals surface area contributed by atoms with Crippen LogP contribution in [0.3, 0.4) is 0 Å². The van der Waals surface area contributed by atoms with Crippen LogP contribution in [0.25, 0.3) is 0 Å². The molecule has 1 aliphatic heterocycles. The van der Waals surface area contributed by atoms with Gasteiger partial charge in [-0.1, -0.05) is 0 Å². The highest BCUT2D eigenvalue weighted by atomic mass is 16.5. The predicted octanol–water partition coefficient (Wildman–Crippen LogP) is -0.474. The highest BCUT2D eigenvalue weighted by molar-refractivity contribution is 5.81. The van der Waals surface area contributed by atoms with Gasteiger partial charge in [0.2, 0.25) is 5.91 Å². The fourth-order valence-electron chi connectivity index (χ4n) is 2.45. The van der Waals surface area contributed by atoms with Crippen LogP contribution < -0.4 is 5.32 Å². The number of hydrogen-bond acceptors (Lipinski definition) is 5. The second kappa shape index (κ2) is 9.28. The van der Waals surface area contributed by atoms with Crippen LogP contribution in [0, 0.1) is 0 Å². The topological polar surface area (TPSA) is 65.0 Å². The van der Waals surface area contributed by atoms with Gasteiger partial charge in [-0.2, -0.15) is 0 Å². The summed E-state index contributed by atoms with van der Waals surface area (Å²) in [5.41, 5.74) is 0. The normalized spacial score (nSPS) is 20.6. The SMILES string of the molecule is COCCCNC(=O)[C@@H](C)N1CCN(C[C@@H](C)O)CC1. The van der Waals surface area contributed by atoms with Crippen LogP contribution in [0.2, 0.25) is 0 Å². The van der Waals surface area contributed by atoms with Crippen molar-refractivity contribution >= 4 is 5.91 Å². The second-order valence-electron chi connectivity index (χ2n) is 5.50. The molecule has 1 fully saturated rings. The Bertz CT molecular complexity index is 279. The molecular formula is C14H29N3O3. The van der Waals surface area contributed by atoms with Gasteiger partial charge >= 0.3 is 0 Å². The van der Waals surface area contributed by atoms with E-state index in [-0.39, 0.29) is 18.1 Å². The molecular weight excluding hydrogens is 258 g/mol. The lowest BCUT2D eigenvalue weighted by Crippen LogP contribution is -2.54. The lowest BCUT2D eigenvalue weighted by molar-refractivity contribution is -0.126. The van der Waals surface area contributed by atoms with Gasteiger partial charge in [0.15, 0.2) is 0 Å². The van der Waals surface area contributed by atoms with Crippen molar-refractivity contribution in [3.8, 4) is 0 Å². The zero-order chi connectivity index (χ0) is 15.0. The smallest absolute Gasteiger partial charge is 0.237 e. The second-order valence-corrected chi connectivity index (χ2v) is 5.50. The first-order chi connectivity index (χ1) is 9.54. The molecule has 0 aliphatic carbocycles. The number of β-amino-alcohol motifs (C(OH)–C–C–N with tert-alkyl or cyclic N) is 1. The summed E-state index contributed by atoms with van der Waals surface area (Å²) in [5, 5.41) is 12.3. The standard InChI is InChI=1S/C14H29N3O3/c1-12(18)11-16-6-8-17(9-7-16)13(2)14(19)15-5-4-10-20-3/h12-13,18H,4-11H2,1-3H3,(H,15,19)/t12-,13-/m1/s1. The summed E-state index contributed by atoms with van der Waals surface area (Å²) >= 11 is 0. The number of carbonyl (C=O) groups is 1. The molecule has 1 rings (SSSR count). The largest absolute Gasteiger partial charge is 0.392 e. The third kappa shape index (κ3) is 6.17. The summed E-state index contributed by atoms with van der Waals surface area (Å²) in [6, 6.07) is -0.0914. The maximum atomic E-state index is 12.0. The van der Waals surface area contributed by atoms with Gasteiger partial charge in [-0.15, -0.1) is 0 Å². The zero-order valence-electron chi connectivity index (χ0n) is 13.0. The van der Waals surface area contributed by atoms with E-state index in [0.29, 0.717) is 19.7 Å². The molecule has 0 spiro atoms. The van der Waals surface area contributed by atoms with E-state index in [1.165, 1.54) is 0 Å². The highest BCUT2D eigenvalue weighted by Crippen LogP contribution is 2.07. The van der Waals surface area contributed by atoms with Gasteiger partial charge in [-0.3, -0.25) is 14.6 Å². The summed E-state index contributed by atoms with van der Waals surface area (Å²) in [6.07, 6.45) is 0.556. The lowest BCUT2D eigenvalue weighted by Gasteiger charge is -2.37. The molecule has 0 bridgehead atoms. The van der Waals surface area contributed by atoms with Crippen molar-refractivity contribution in [2.75, 3.05) is 53.0 Å². The molecule has 1 heterocycles. The monoisotopic (exact) mass is 287 g/mol. The van der Waals surface area contributed by atoms with Crippen LogP contribution in [0.4, 0.5) is 0 Å². The van der Waals surface area contributed by atoms with Crippen molar-refractivity contribution in [1.29, 1.82) is 0 Å². The molecule has 1 amide bonds. The summed E-state index contributed by atoms with van der Waals surface area (Å²) < 4.78 is 4.96. The van der Waals surface area contributed by atoms with E-state index in [1.54, 1.807) is 7.11 Å². The molecule has 2 atom stereocenters. The van der Waals surface area contributed by atoms with Gasteiger partial charge in [0.25, 0.3) is 0 Å². The van der Waals surface area contributed by atoms with E-state index in [9.17, 15) is 9.90 Å². The summed E-state index contributed by atoms with van der Waals surface area (Å²) in [4.78, 5) is 16.5. The van der Waals surface area contributed by atoms with Crippen molar-refractivity contribution < 1.29 is 14.6 Å². The maximum Gasteiger partial charge on any atom is 0.237 e. The first-order valence-electron chi connectivity index (χ1n) is 7.45. The third-order valence-electron chi connectivity index (χ3n) is 3.68. The van der Waals surface area contributed by atoms with Crippen LogP contribution in [-0.4, -0.2) is 85.9 Å². The van der Waals surface area contributed by atoms with Crippen molar-refractivity contribution in [2.45, 2.75) is 32.4 Å². The molecule has 0 aromatic heterocycles. The Morgan fingerprint density at radius 3 is 2.50 bits per heavy atom. The first-order valence-corrected chi connectivity index (χ1v) is 7.45.